The van der Waals surface area contributed by atoms with Gasteiger partial charge in [-0.05, 0) is 13.1 Å². The fourth-order valence-electron chi connectivity index (χ4n) is 3.31. The van der Waals surface area contributed by atoms with E-state index >= 15 is 0 Å². The zero-order chi connectivity index (χ0) is 14.3. The lowest BCUT2D eigenvalue weighted by Gasteiger charge is -2.50. The number of nitrogens with zero attached hydrogens (tertiary/aromatic N) is 2. The molecule has 3 heterocycles. The Morgan fingerprint density at radius 1 is 1.10 bits per heavy atom. The molecular formula is C14H18F3N3. The minimum atomic E-state index is -1.39. The summed E-state index contributed by atoms with van der Waals surface area (Å²) in [5, 5.41) is 3.06. The smallest absolute Gasteiger partial charge is 0.194 e. The minimum Gasteiger partial charge on any atom is -0.312 e. The van der Waals surface area contributed by atoms with Gasteiger partial charge < -0.3 is 5.32 Å². The van der Waals surface area contributed by atoms with E-state index in [1.165, 1.54) is 6.07 Å². The van der Waals surface area contributed by atoms with Crippen molar-refractivity contribution in [3.05, 3.63) is 35.1 Å². The van der Waals surface area contributed by atoms with Gasteiger partial charge in [-0.25, -0.2) is 13.2 Å². The molecule has 1 aromatic rings. The van der Waals surface area contributed by atoms with Crippen molar-refractivity contribution < 1.29 is 13.2 Å². The monoisotopic (exact) mass is 285 g/mol. The molecule has 3 fully saturated rings. The number of hydrogen-bond donors (Lipinski definition) is 1. The highest BCUT2D eigenvalue weighted by molar-refractivity contribution is 5.25. The number of nitrogens with one attached hydrogen (secondary N) is 1. The number of piperazine rings is 3. The summed E-state index contributed by atoms with van der Waals surface area (Å²) in [5.74, 6) is -3.61. The molecule has 4 rings (SSSR count). The van der Waals surface area contributed by atoms with Crippen molar-refractivity contribution in [1.82, 2.24) is 15.1 Å². The maximum Gasteiger partial charge on any atom is 0.194 e. The Morgan fingerprint density at radius 2 is 1.80 bits per heavy atom. The first-order chi connectivity index (χ1) is 9.61. The van der Waals surface area contributed by atoms with Crippen LogP contribution in [0.25, 0.3) is 0 Å². The largest absolute Gasteiger partial charge is 0.312 e. The average molecular weight is 285 g/mol. The second kappa shape index (κ2) is 5.35. The number of likely N-dealkylation sites (N-methyl/N-ethyl adjacent to an activating group) is 1. The number of benzene rings is 1. The first kappa shape index (κ1) is 13.9. The van der Waals surface area contributed by atoms with Crippen LogP contribution in [-0.2, 0) is 0 Å². The van der Waals surface area contributed by atoms with Gasteiger partial charge in [-0.15, -0.1) is 0 Å². The second-order valence-corrected chi connectivity index (χ2v) is 5.43. The Bertz CT molecular complexity index is 501. The molecule has 110 valence electrons. The second-order valence-electron chi connectivity index (χ2n) is 5.43. The summed E-state index contributed by atoms with van der Waals surface area (Å²) >= 11 is 0. The maximum atomic E-state index is 14.0. The van der Waals surface area contributed by atoms with Gasteiger partial charge in [0.15, 0.2) is 17.5 Å². The van der Waals surface area contributed by atoms with Crippen molar-refractivity contribution in [3.63, 3.8) is 0 Å². The molecule has 6 heteroatoms. The third kappa shape index (κ3) is 2.21. The first-order valence-corrected chi connectivity index (χ1v) is 6.89. The van der Waals surface area contributed by atoms with Gasteiger partial charge >= 0.3 is 0 Å². The molecular weight excluding hydrogens is 267 g/mol. The highest BCUT2D eigenvalue weighted by Crippen LogP contribution is 2.29. The molecule has 0 spiro atoms. The van der Waals surface area contributed by atoms with Crippen LogP contribution in [0.15, 0.2) is 12.1 Å². The van der Waals surface area contributed by atoms with Gasteiger partial charge in [0.1, 0.15) is 0 Å². The van der Waals surface area contributed by atoms with E-state index < -0.39 is 17.5 Å². The average Bonchev–Trinajstić information content (AvgIpc) is 2.49. The molecule has 0 aliphatic carbocycles. The molecule has 0 amide bonds. The molecule has 2 atom stereocenters. The normalized spacial score (nSPS) is 30.5. The van der Waals surface area contributed by atoms with E-state index in [1.54, 1.807) is 7.05 Å². The van der Waals surface area contributed by atoms with E-state index in [2.05, 4.69) is 15.1 Å². The molecule has 0 aromatic heterocycles. The fourth-order valence-corrected chi connectivity index (χ4v) is 3.31. The zero-order valence-electron chi connectivity index (χ0n) is 11.4. The summed E-state index contributed by atoms with van der Waals surface area (Å²) in [5.41, 5.74) is 0.199. The summed E-state index contributed by atoms with van der Waals surface area (Å²) in [6, 6.07) is 2.08. The van der Waals surface area contributed by atoms with Crippen LogP contribution in [0.2, 0.25) is 0 Å². The summed E-state index contributed by atoms with van der Waals surface area (Å²) in [7, 11) is 1.73. The quantitative estimate of drug-likeness (QED) is 0.846. The molecule has 3 nitrogen and oxygen atoms in total. The summed E-state index contributed by atoms with van der Waals surface area (Å²) in [4.78, 5) is 4.62. The molecule has 0 radical (unpaired) electrons. The van der Waals surface area contributed by atoms with Crippen LogP contribution in [0.5, 0.6) is 0 Å². The van der Waals surface area contributed by atoms with Gasteiger partial charge in [0.25, 0.3) is 0 Å². The number of rotatable bonds is 3. The SMILES string of the molecule is CNC(c1ccc(F)c(F)c1F)C1CN2CCN1CC2. The third-order valence-electron chi connectivity index (χ3n) is 4.42. The van der Waals surface area contributed by atoms with Crippen molar-refractivity contribution in [3.8, 4) is 0 Å². The van der Waals surface area contributed by atoms with Gasteiger partial charge in [0.2, 0.25) is 0 Å². The van der Waals surface area contributed by atoms with Crippen LogP contribution in [0.1, 0.15) is 11.6 Å². The Labute approximate surface area is 116 Å². The minimum absolute atomic E-state index is 0.0851. The molecule has 3 saturated heterocycles. The van der Waals surface area contributed by atoms with Crippen LogP contribution < -0.4 is 5.32 Å². The maximum absolute atomic E-state index is 14.0. The van der Waals surface area contributed by atoms with E-state index in [-0.39, 0.29) is 17.6 Å². The standard InChI is InChI=1S/C14H18F3N3/c1-18-14(9-2-3-10(15)13(17)12(9)16)11-8-19-4-6-20(11)7-5-19/h2-3,11,14,18H,4-8H2,1H3. The highest BCUT2D eigenvalue weighted by Gasteiger charge is 2.38. The Hall–Kier alpha value is -1.11. The lowest BCUT2D eigenvalue weighted by atomic mass is 9.93. The Morgan fingerprint density at radius 3 is 2.35 bits per heavy atom. The molecule has 3 aliphatic rings. The van der Waals surface area contributed by atoms with Crippen molar-refractivity contribution in [1.29, 1.82) is 0 Å². The Kier molecular flexibility index (Phi) is 3.70. The predicted octanol–water partition coefficient (Wildman–Crippen LogP) is 1.36. The third-order valence-corrected chi connectivity index (χ3v) is 4.42. The van der Waals surface area contributed by atoms with Gasteiger partial charge in [0, 0.05) is 44.3 Å². The molecule has 2 bridgehead atoms. The lowest BCUT2D eigenvalue weighted by Crippen LogP contribution is -2.63. The topological polar surface area (TPSA) is 18.5 Å². The van der Waals surface area contributed by atoms with E-state index in [0.29, 0.717) is 0 Å². The van der Waals surface area contributed by atoms with Crippen LogP contribution in [-0.4, -0.2) is 55.6 Å². The molecule has 0 saturated carbocycles. The van der Waals surface area contributed by atoms with E-state index in [4.69, 9.17) is 0 Å². The summed E-state index contributed by atoms with van der Waals surface area (Å²) in [6.45, 7) is 4.74. The first-order valence-electron chi connectivity index (χ1n) is 6.89. The highest BCUT2D eigenvalue weighted by atomic mass is 19.2. The lowest BCUT2D eigenvalue weighted by molar-refractivity contribution is -0.00314. The van der Waals surface area contributed by atoms with Crippen LogP contribution in [0.4, 0.5) is 13.2 Å². The van der Waals surface area contributed by atoms with Crippen molar-refractivity contribution in [2.45, 2.75) is 12.1 Å². The number of halogens is 3. The summed E-state index contributed by atoms with van der Waals surface area (Å²) in [6.07, 6.45) is 0. The van der Waals surface area contributed by atoms with E-state index in [9.17, 15) is 13.2 Å². The molecule has 20 heavy (non-hydrogen) atoms. The van der Waals surface area contributed by atoms with Crippen molar-refractivity contribution in [2.24, 2.45) is 0 Å². The van der Waals surface area contributed by atoms with Crippen molar-refractivity contribution in [2.75, 3.05) is 39.8 Å². The molecule has 2 unspecified atom stereocenters. The van der Waals surface area contributed by atoms with Gasteiger partial charge in [-0.1, -0.05) is 6.07 Å². The van der Waals surface area contributed by atoms with Gasteiger partial charge in [0.05, 0.1) is 6.04 Å². The van der Waals surface area contributed by atoms with Crippen LogP contribution in [0.3, 0.4) is 0 Å². The Balaban J connectivity index is 1.92. The fraction of sp³-hybridized carbons (Fsp3) is 0.571. The zero-order valence-corrected chi connectivity index (χ0v) is 11.4. The van der Waals surface area contributed by atoms with Crippen molar-refractivity contribution >= 4 is 0 Å². The molecule has 3 aliphatic heterocycles. The van der Waals surface area contributed by atoms with Crippen LogP contribution in [0, 0.1) is 17.5 Å². The molecule has 1 aromatic carbocycles. The van der Waals surface area contributed by atoms with E-state index in [0.717, 1.165) is 38.8 Å². The predicted molar refractivity (Wildman–Crippen MR) is 69.9 cm³/mol. The number of fused-ring (bicyclic) bond motifs is 3. The van der Waals surface area contributed by atoms with E-state index in [1.807, 2.05) is 0 Å². The van der Waals surface area contributed by atoms with Gasteiger partial charge in [-0.3, -0.25) is 9.80 Å². The van der Waals surface area contributed by atoms with Gasteiger partial charge in [-0.2, -0.15) is 0 Å². The van der Waals surface area contributed by atoms with Crippen LogP contribution >= 0.6 is 0 Å². The number of hydrogen-bond acceptors (Lipinski definition) is 3. The summed E-state index contributed by atoms with van der Waals surface area (Å²) < 4.78 is 40.5. The molecule has 1 N–H and O–H groups in total.